The van der Waals surface area contributed by atoms with Gasteiger partial charge in [0.05, 0.1) is 0 Å². The monoisotopic (exact) mass is 204 g/mol. The molecule has 15 heavy (non-hydrogen) atoms. The van der Waals surface area contributed by atoms with Crippen molar-refractivity contribution in [2.24, 2.45) is 0 Å². The molecule has 0 fully saturated rings. The maximum atomic E-state index is 3.48. The quantitative estimate of drug-likeness (QED) is 0.687. The predicted molar refractivity (Wildman–Crippen MR) is 67.2 cm³/mol. The van der Waals surface area contributed by atoms with Gasteiger partial charge in [-0.15, -0.1) is 13.2 Å². The summed E-state index contributed by atoms with van der Waals surface area (Å²) in [5.41, 5.74) is 2.67. The molecule has 0 bridgehead atoms. The zero-order chi connectivity index (χ0) is 11.3. The van der Waals surface area contributed by atoms with E-state index >= 15 is 0 Å². The third-order valence-corrected chi connectivity index (χ3v) is 2.68. The first kappa shape index (κ1) is 11.8. The number of fused-ring (bicyclic) bond motifs is 1. The molecule has 0 amide bonds. The van der Waals surface area contributed by atoms with Crippen LogP contribution in [0.3, 0.4) is 0 Å². The van der Waals surface area contributed by atoms with E-state index in [2.05, 4.69) is 55.0 Å². The highest BCUT2D eigenvalue weighted by Crippen LogP contribution is 2.31. The fourth-order valence-corrected chi connectivity index (χ4v) is 2.01. The Morgan fingerprint density at radius 2 is 2.00 bits per heavy atom. The lowest BCUT2D eigenvalue weighted by atomic mass is 9.94. The van der Waals surface area contributed by atoms with Crippen LogP contribution in [-0.4, -0.2) is 13.1 Å². The second-order valence-corrected chi connectivity index (χ2v) is 3.71. The van der Waals surface area contributed by atoms with Gasteiger partial charge in [0.15, 0.2) is 0 Å². The number of benzene rings is 1. The molecule has 0 aromatic heterocycles. The third-order valence-electron chi connectivity index (χ3n) is 2.68. The second-order valence-electron chi connectivity index (χ2n) is 3.71. The Bertz CT molecular complexity index is 309. The highest BCUT2D eigenvalue weighted by Gasteiger charge is 2.21. The van der Waals surface area contributed by atoms with E-state index in [4.69, 9.17) is 0 Å². The van der Waals surface area contributed by atoms with Gasteiger partial charge in [-0.2, -0.15) is 0 Å². The summed E-state index contributed by atoms with van der Waals surface area (Å²) in [7, 11) is 2.03. The van der Waals surface area contributed by atoms with Crippen LogP contribution in [0.1, 0.15) is 24.9 Å². The van der Waals surface area contributed by atoms with Crippen LogP contribution in [0.4, 0.5) is 5.69 Å². The molecular formula is C13H20N2. The molecule has 1 aliphatic heterocycles. The van der Waals surface area contributed by atoms with E-state index in [1.807, 2.05) is 7.05 Å². The first-order valence-corrected chi connectivity index (χ1v) is 5.34. The summed E-state index contributed by atoms with van der Waals surface area (Å²) in [6.45, 7) is 8.22. The van der Waals surface area contributed by atoms with Crippen LogP contribution in [-0.2, 0) is 0 Å². The third kappa shape index (κ3) is 2.60. The summed E-state index contributed by atoms with van der Waals surface area (Å²) >= 11 is 0. The van der Waals surface area contributed by atoms with Crippen LogP contribution < -0.4 is 10.6 Å². The van der Waals surface area contributed by atoms with E-state index in [-0.39, 0.29) is 0 Å². The van der Waals surface area contributed by atoms with Crippen LogP contribution in [0, 0.1) is 0 Å². The average molecular weight is 204 g/mol. The standard InChI is InChI=1S/C11H16N2.C2H4/c1-8-7-11(12-2)9-5-3-4-6-10(9)13-8;1-2/h3-6,8,11-13H,7H2,1-2H3;1-2H2. The molecule has 0 spiro atoms. The van der Waals surface area contributed by atoms with Gasteiger partial charge in [0, 0.05) is 17.8 Å². The van der Waals surface area contributed by atoms with Crippen molar-refractivity contribution in [2.45, 2.75) is 25.4 Å². The fraction of sp³-hybridized carbons (Fsp3) is 0.385. The SMILES string of the molecule is C=C.CNC1CC(C)Nc2ccccc21. The minimum Gasteiger partial charge on any atom is -0.382 e. The Morgan fingerprint density at radius 1 is 1.33 bits per heavy atom. The van der Waals surface area contributed by atoms with Gasteiger partial charge in [-0.25, -0.2) is 0 Å². The predicted octanol–water partition coefficient (Wildman–Crippen LogP) is 2.95. The van der Waals surface area contributed by atoms with Crippen LogP contribution >= 0.6 is 0 Å². The summed E-state index contributed by atoms with van der Waals surface area (Å²) in [5, 5.41) is 6.83. The van der Waals surface area contributed by atoms with Crippen LogP contribution in [0.2, 0.25) is 0 Å². The van der Waals surface area contributed by atoms with Crippen molar-refractivity contribution in [3.63, 3.8) is 0 Å². The van der Waals surface area contributed by atoms with Gasteiger partial charge in [0.1, 0.15) is 0 Å². The summed E-state index contributed by atoms with van der Waals surface area (Å²) in [6, 6.07) is 9.59. The van der Waals surface area contributed by atoms with E-state index in [1.165, 1.54) is 11.3 Å². The van der Waals surface area contributed by atoms with Gasteiger partial charge in [-0.1, -0.05) is 18.2 Å². The molecule has 0 radical (unpaired) electrons. The molecule has 0 aliphatic carbocycles. The Hall–Kier alpha value is -1.28. The molecule has 2 nitrogen and oxygen atoms in total. The van der Waals surface area contributed by atoms with Gasteiger partial charge < -0.3 is 10.6 Å². The summed E-state index contributed by atoms with van der Waals surface area (Å²) in [6.07, 6.45) is 1.16. The van der Waals surface area contributed by atoms with Gasteiger partial charge in [-0.05, 0) is 32.0 Å². The van der Waals surface area contributed by atoms with Crippen molar-refractivity contribution in [3.05, 3.63) is 43.0 Å². The van der Waals surface area contributed by atoms with E-state index in [0.717, 1.165) is 6.42 Å². The van der Waals surface area contributed by atoms with Crippen molar-refractivity contribution in [3.8, 4) is 0 Å². The van der Waals surface area contributed by atoms with E-state index in [9.17, 15) is 0 Å². The first-order chi connectivity index (χ1) is 7.31. The molecule has 2 rings (SSSR count). The smallest absolute Gasteiger partial charge is 0.0390 e. The molecule has 2 atom stereocenters. The molecule has 0 saturated carbocycles. The Kier molecular flexibility index (Phi) is 4.37. The maximum absolute atomic E-state index is 3.48. The molecule has 1 aliphatic rings. The molecular weight excluding hydrogens is 184 g/mol. The largest absolute Gasteiger partial charge is 0.382 e. The maximum Gasteiger partial charge on any atom is 0.0390 e. The Labute approximate surface area is 92.4 Å². The lowest BCUT2D eigenvalue weighted by molar-refractivity contribution is 0.498. The van der Waals surface area contributed by atoms with Crippen LogP contribution in [0.5, 0.6) is 0 Å². The normalized spacial score (nSPS) is 23.1. The minimum atomic E-state index is 0.507. The molecule has 1 aromatic rings. The molecule has 82 valence electrons. The Balaban J connectivity index is 0.000000531. The minimum absolute atomic E-state index is 0.507. The van der Waals surface area contributed by atoms with Gasteiger partial charge in [0.25, 0.3) is 0 Å². The van der Waals surface area contributed by atoms with Crippen molar-refractivity contribution in [2.75, 3.05) is 12.4 Å². The average Bonchev–Trinajstić information content (AvgIpc) is 2.30. The lowest BCUT2D eigenvalue weighted by Crippen LogP contribution is -2.31. The van der Waals surface area contributed by atoms with Gasteiger partial charge in [-0.3, -0.25) is 0 Å². The number of para-hydroxylation sites is 1. The number of nitrogens with one attached hydrogen (secondary N) is 2. The first-order valence-electron chi connectivity index (χ1n) is 5.34. The molecule has 1 aromatic carbocycles. The highest BCUT2D eigenvalue weighted by atomic mass is 15.0. The number of rotatable bonds is 1. The van der Waals surface area contributed by atoms with Gasteiger partial charge >= 0.3 is 0 Å². The fourth-order valence-electron chi connectivity index (χ4n) is 2.01. The summed E-state index contributed by atoms with van der Waals surface area (Å²) in [4.78, 5) is 0. The van der Waals surface area contributed by atoms with E-state index in [1.54, 1.807) is 0 Å². The lowest BCUT2D eigenvalue weighted by Gasteiger charge is -2.31. The van der Waals surface area contributed by atoms with Crippen molar-refractivity contribution < 1.29 is 0 Å². The highest BCUT2D eigenvalue weighted by molar-refractivity contribution is 5.55. The second kappa shape index (κ2) is 5.56. The number of anilines is 1. The summed E-state index contributed by atoms with van der Waals surface area (Å²) in [5.74, 6) is 0. The molecule has 1 heterocycles. The van der Waals surface area contributed by atoms with Crippen molar-refractivity contribution >= 4 is 5.69 Å². The number of hydrogen-bond donors (Lipinski definition) is 2. The molecule has 2 unspecified atom stereocenters. The van der Waals surface area contributed by atoms with E-state index < -0.39 is 0 Å². The van der Waals surface area contributed by atoms with Gasteiger partial charge in [0.2, 0.25) is 0 Å². The zero-order valence-corrected chi connectivity index (χ0v) is 9.59. The van der Waals surface area contributed by atoms with Crippen molar-refractivity contribution in [1.82, 2.24) is 5.32 Å². The van der Waals surface area contributed by atoms with Crippen molar-refractivity contribution in [1.29, 1.82) is 0 Å². The van der Waals surface area contributed by atoms with Crippen LogP contribution in [0.25, 0.3) is 0 Å². The summed E-state index contributed by atoms with van der Waals surface area (Å²) < 4.78 is 0. The van der Waals surface area contributed by atoms with Crippen LogP contribution in [0.15, 0.2) is 37.4 Å². The number of hydrogen-bond acceptors (Lipinski definition) is 2. The van der Waals surface area contributed by atoms with E-state index in [0.29, 0.717) is 12.1 Å². The molecule has 2 heteroatoms. The zero-order valence-electron chi connectivity index (χ0n) is 9.59. The topological polar surface area (TPSA) is 24.1 Å². The molecule has 0 saturated heterocycles. The molecule has 2 N–H and O–H groups in total. The Morgan fingerprint density at radius 3 is 2.67 bits per heavy atom.